The Bertz CT molecular complexity index is 664. The number of rotatable bonds is 5. The van der Waals surface area contributed by atoms with E-state index in [0.29, 0.717) is 18.3 Å². The molecule has 2 rings (SSSR count). The summed E-state index contributed by atoms with van der Waals surface area (Å²) in [5.41, 5.74) is 0.125. The Kier molecular flexibility index (Phi) is 4.32. The van der Waals surface area contributed by atoms with E-state index in [0.717, 1.165) is 0 Å². The van der Waals surface area contributed by atoms with Gasteiger partial charge in [0, 0.05) is 30.3 Å². The molecule has 0 spiro atoms. The molecule has 1 amide bonds. The topological polar surface area (TPSA) is 90.1 Å². The summed E-state index contributed by atoms with van der Waals surface area (Å²) in [4.78, 5) is 22.3. The van der Waals surface area contributed by atoms with Gasteiger partial charge in [-0.25, -0.2) is 4.68 Å². The third kappa shape index (κ3) is 3.65. The molecule has 7 heteroatoms. The average molecular weight is 288 g/mol. The normalized spacial score (nSPS) is 10.6. The van der Waals surface area contributed by atoms with Crippen molar-refractivity contribution in [2.24, 2.45) is 5.92 Å². The molecule has 7 nitrogen and oxygen atoms in total. The lowest BCUT2D eigenvalue weighted by atomic mass is 10.2. The van der Waals surface area contributed by atoms with Crippen molar-refractivity contribution < 1.29 is 9.72 Å². The maximum atomic E-state index is 12.2. The Morgan fingerprint density at radius 1 is 1.43 bits per heavy atom. The summed E-state index contributed by atoms with van der Waals surface area (Å²) in [5.74, 6) is 0.558. The first-order valence-corrected chi connectivity index (χ1v) is 6.55. The van der Waals surface area contributed by atoms with Crippen LogP contribution in [0.4, 0.5) is 11.5 Å². The molecule has 21 heavy (non-hydrogen) atoms. The number of anilines is 1. The van der Waals surface area contributed by atoms with Crippen LogP contribution in [-0.4, -0.2) is 20.6 Å². The van der Waals surface area contributed by atoms with Crippen LogP contribution in [0.1, 0.15) is 24.2 Å². The van der Waals surface area contributed by atoms with Gasteiger partial charge in [-0.1, -0.05) is 19.9 Å². The number of nitrogens with one attached hydrogen (secondary N) is 1. The van der Waals surface area contributed by atoms with Gasteiger partial charge in [0.1, 0.15) is 5.82 Å². The molecule has 0 saturated heterocycles. The quantitative estimate of drug-likeness (QED) is 0.676. The minimum Gasteiger partial charge on any atom is -0.307 e. The number of non-ortho nitro benzene ring substituents is 1. The lowest BCUT2D eigenvalue weighted by Gasteiger charge is -2.10. The molecule has 0 fully saturated rings. The van der Waals surface area contributed by atoms with Gasteiger partial charge in [0.25, 0.3) is 11.6 Å². The first-order chi connectivity index (χ1) is 9.97. The molecule has 0 radical (unpaired) electrons. The van der Waals surface area contributed by atoms with Crippen molar-refractivity contribution in [3.8, 4) is 0 Å². The van der Waals surface area contributed by atoms with Crippen LogP contribution >= 0.6 is 0 Å². The zero-order chi connectivity index (χ0) is 15.4. The van der Waals surface area contributed by atoms with E-state index in [-0.39, 0.29) is 11.3 Å². The predicted octanol–water partition coefficient (Wildman–Crippen LogP) is 2.70. The van der Waals surface area contributed by atoms with Crippen LogP contribution in [0.3, 0.4) is 0 Å². The second kappa shape index (κ2) is 6.17. The maximum Gasteiger partial charge on any atom is 0.270 e. The van der Waals surface area contributed by atoms with Gasteiger partial charge in [0.05, 0.1) is 11.1 Å². The van der Waals surface area contributed by atoms with E-state index in [2.05, 4.69) is 10.4 Å². The third-order valence-electron chi connectivity index (χ3n) is 2.82. The van der Waals surface area contributed by atoms with Crippen LogP contribution in [0.2, 0.25) is 0 Å². The molecule has 0 bridgehead atoms. The molecule has 110 valence electrons. The smallest absolute Gasteiger partial charge is 0.270 e. The summed E-state index contributed by atoms with van der Waals surface area (Å²) in [6, 6.07) is 7.31. The van der Waals surface area contributed by atoms with Crippen LogP contribution in [0.15, 0.2) is 36.5 Å². The molecule has 1 aromatic carbocycles. The molecule has 0 unspecified atom stereocenters. The van der Waals surface area contributed by atoms with E-state index in [1.165, 1.54) is 24.3 Å². The summed E-state index contributed by atoms with van der Waals surface area (Å²) < 4.78 is 1.69. The first kappa shape index (κ1) is 14.7. The first-order valence-electron chi connectivity index (χ1n) is 6.55. The number of nitro benzene ring substituents is 1. The van der Waals surface area contributed by atoms with Crippen molar-refractivity contribution in [2.75, 3.05) is 5.32 Å². The van der Waals surface area contributed by atoms with Crippen LogP contribution in [-0.2, 0) is 6.54 Å². The molecule has 0 aliphatic heterocycles. The fourth-order valence-electron chi connectivity index (χ4n) is 1.88. The molecule has 1 N–H and O–H groups in total. The summed E-state index contributed by atoms with van der Waals surface area (Å²) in [5, 5.41) is 17.6. The highest BCUT2D eigenvalue weighted by Gasteiger charge is 2.13. The molecule has 0 aliphatic rings. The molecule has 0 aliphatic carbocycles. The lowest BCUT2D eigenvalue weighted by Crippen LogP contribution is -2.17. The highest BCUT2D eigenvalue weighted by Crippen LogP contribution is 2.15. The molecule has 0 atom stereocenters. The third-order valence-corrected chi connectivity index (χ3v) is 2.82. The van der Waals surface area contributed by atoms with Gasteiger partial charge in [-0.15, -0.1) is 0 Å². The van der Waals surface area contributed by atoms with Crippen LogP contribution in [0, 0.1) is 16.0 Å². The summed E-state index contributed by atoms with van der Waals surface area (Å²) in [7, 11) is 0. The van der Waals surface area contributed by atoms with E-state index in [1.54, 1.807) is 16.9 Å². The molecular weight excluding hydrogens is 272 g/mol. The van der Waals surface area contributed by atoms with Crippen molar-refractivity contribution in [3.63, 3.8) is 0 Å². The Morgan fingerprint density at radius 2 is 2.19 bits per heavy atom. The average Bonchev–Trinajstić information content (AvgIpc) is 2.85. The van der Waals surface area contributed by atoms with Gasteiger partial charge in [0.2, 0.25) is 0 Å². The SMILES string of the molecule is CC(C)Cn1nccc1NC(=O)c1cccc([N+](=O)[O-])c1. The maximum absolute atomic E-state index is 12.2. The second-order valence-corrected chi connectivity index (χ2v) is 5.05. The van der Waals surface area contributed by atoms with E-state index in [9.17, 15) is 14.9 Å². The summed E-state index contributed by atoms with van der Waals surface area (Å²) in [6.07, 6.45) is 1.60. The highest BCUT2D eigenvalue weighted by molar-refractivity contribution is 6.04. The van der Waals surface area contributed by atoms with Crippen LogP contribution < -0.4 is 5.32 Å². The predicted molar refractivity (Wildman–Crippen MR) is 78.1 cm³/mol. The number of nitro groups is 1. The Morgan fingerprint density at radius 3 is 2.86 bits per heavy atom. The van der Waals surface area contributed by atoms with Crippen molar-refractivity contribution in [3.05, 3.63) is 52.2 Å². The van der Waals surface area contributed by atoms with Gasteiger partial charge < -0.3 is 5.32 Å². The van der Waals surface area contributed by atoms with Gasteiger partial charge in [-0.05, 0) is 12.0 Å². The summed E-state index contributed by atoms with van der Waals surface area (Å²) >= 11 is 0. The number of hydrogen-bond donors (Lipinski definition) is 1. The summed E-state index contributed by atoms with van der Waals surface area (Å²) in [6.45, 7) is 4.78. The fraction of sp³-hybridized carbons (Fsp3) is 0.286. The van der Waals surface area contributed by atoms with Crippen LogP contribution in [0.25, 0.3) is 0 Å². The number of nitrogens with zero attached hydrogens (tertiary/aromatic N) is 3. The standard InChI is InChI=1S/C14H16N4O3/c1-10(2)9-17-13(6-7-15-17)16-14(19)11-4-3-5-12(8-11)18(20)21/h3-8,10H,9H2,1-2H3,(H,16,19). The zero-order valence-corrected chi connectivity index (χ0v) is 11.8. The van der Waals surface area contributed by atoms with Crippen molar-refractivity contribution in [2.45, 2.75) is 20.4 Å². The molecule has 1 aromatic heterocycles. The number of carbonyl (C=O) groups excluding carboxylic acids is 1. The van der Waals surface area contributed by atoms with Crippen molar-refractivity contribution >= 4 is 17.4 Å². The molecule has 0 saturated carbocycles. The number of aromatic nitrogens is 2. The van der Waals surface area contributed by atoms with Crippen molar-refractivity contribution in [1.29, 1.82) is 0 Å². The zero-order valence-electron chi connectivity index (χ0n) is 11.8. The van der Waals surface area contributed by atoms with E-state index in [4.69, 9.17) is 0 Å². The van der Waals surface area contributed by atoms with E-state index < -0.39 is 10.8 Å². The van der Waals surface area contributed by atoms with Gasteiger partial charge in [0.15, 0.2) is 0 Å². The Labute approximate surface area is 121 Å². The fourth-order valence-corrected chi connectivity index (χ4v) is 1.88. The minimum atomic E-state index is -0.528. The van der Waals surface area contributed by atoms with Crippen LogP contribution in [0.5, 0.6) is 0 Å². The van der Waals surface area contributed by atoms with Gasteiger partial charge >= 0.3 is 0 Å². The number of carbonyl (C=O) groups is 1. The monoisotopic (exact) mass is 288 g/mol. The number of hydrogen-bond acceptors (Lipinski definition) is 4. The Hall–Kier alpha value is -2.70. The lowest BCUT2D eigenvalue weighted by molar-refractivity contribution is -0.384. The van der Waals surface area contributed by atoms with E-state index in [1.807, 2.05) is 13.8 Å². The Balaban J connectivity index is 2.17. The van der Waals surface area contributed by atoms with Crippen molar-refractivity contribution in [1.82, 2.24) is 9.78 Å². The van der Waals surface area contributed by atoms with E-state index >= 15 is 0 Å². The van der Waals surface area contributed by atoms with Gasteiger partial charge in [-0.2, -0.15) is 5.10 Å². The number of amides is 1. The molecular formula is C14H16N4O3. The second-order valence-electron chi connectivity index (χ2n) is 5.05. The number of benzene rings is 1. The molecule has 1 heterocycles. The highest BCUT2D eigenvalue weighted by atomic mass is 16.6. The minimum absolute atomic E-state index is 0.113. The largest absolute Gasteiger partial charge is 0.307 e. The molecule has 2 aromatic rings. The van der Waals surface area contributed by atoms with Gasteiger partial charge in [-0.3, -0.25) is 14.9 Å².